The van der Waals surface area contributed by atoms with Crippen LogP contribution >= 0.6 is 11.8 Å². The number of rotatable bonds is 5. The molecule has 4 nitrogen and oxygen atoms in total. The van der Waals surface area contributed by atoms with Gasteiger partial charge in [-0.15, -0.1) is 11.8 Å². The smallest absolute Gasteiger partial charge is 0.416 e. The number of amides is 1. The highest BCUT2D eigenvalue weighted by Gasteiger charge is 2.41. The molecule has 0 aromatic heterocycles. The molecule has 0 saturated carbocycles. The summed E-state index contributed by atoms with van der Waals surface area (Å²) in [6, 6.07) is 12.0. The molecular formula is C23H27F3N2O2S. The van der Waals surface area contributed by atoms with E-state index in [1.165, 1.54) is 7.11 Å². The molecule has 2 aromatic carbocycles. The Morgan fingerprint density at radius 3 is 2.48 bits per heavy atom. The van der Waals surface area contributed by atoms with Gasteiger partial charge in [-0.3, -0.25) is 4.79 Å². The first-order valence-electron chi connectivity index (χ1n) is 10.0. The van der Waals surface area contributed by atoms with E-state index in [4.69, 9.17) is 4.74 Å². The lowest BCUT2D eigenvalue weighted by Crippen LogP contribution is -2.57. The van der Waals surface area contributed by atoms with Gasteiger partial charge in [-0.25, -0.2) is 0 Å². The van der Waals surface area contributed by atoms with Crippen molar-refractivity contribution in [2.75, 3.05) is 27.0 Å². The van der Waals surface area contributed by atoms with E-state index in [0.717, 1.165) is 42.3 Å². The van der Waals surface area contributed by atoms with E-state index in [9.17, 15) is 18.0 Å². The van der Waals surface area contributed by atoms with Gasteiger partial charge in [0.05, 0.1) is 23.8 Å². The predicted octanol–water partition coefficient (Wildman–Crippen LogP) is 5.18. The second-order valence-electron chi connectivity index (χ2n) is 7.96. The highest BCUT2D eigenvalue weighted by molar-refractivity contribution is 7.98. The summed E-state index contributed by atoms with van der Waals surface area (Å²) >= 11 is 1.09. The fourth-order valence-electron chi connectivity index (χ4n) is 4.08. The Balaban J connectivity index is 2.05. The Bertz CT molecular complexity index is 911. The lowest BCUT2D eigenvalue weighted by Gasteiger charge is -2.45. The van der Waals surface area contributed by atoms with Crippen LogP contribution in [0.15, 0.2) is 47.4 Å². The van der Waals surface area contributed by atoms with Crippen molar-refractivity contribution in [2.24, 2.45) is 0 Å². The van der Waals surface area contributed by atoms with E-state index >= 15 is 0 Å². The maximum Gasteiger partial charge on any atom is 0.416 e. The van der Waals surface area contributed by atoms with Crippen molar-refractivity contribution < 1.29 is 22.7 Å². The molecule has 2 atom stereocenters. The molecule has 0 aliphatic carbocycles. The second-order valence-corrected chi connectivity index (χ2v) is 8.81. The number of thioether (sulfide) groups is 1. The molecule has 1 N–H and O–H groups in total. The molecule has 1 heterocycles. The first-order valence-corrected chi connectivity index (χ1v) is 11.3. The molecule has 0 radical (unpaired) electrons. The van der Waals surface area contributed by atoms with Crippen LogP contribution < -0.4 is 10.1 Å². The monoisotopic (exact) mass is 452 g/mol. The van der Waals surface area contributed by atoms with Crippen molar-refractivity contribution in [1.82, 2.24) is 10.2 Å². The van der Waals surface area contributed by atoms with Crippen molar-refractivity contribution in [2.45, 2.75) is 42.4 Å². The van der Waals surface area contributed by atoms with E-state index in [0.29, 0.717) is 12.6 Å². The lowest BCUT2D eigenvalue weighted by molar-refractivity contribution is -0.137. The van der Waals surface area contributed by atoms with Crippen molar-refractivity contribution in [3.05, 3.63) is 59.2 Å². The molecule has 0 bridgehead atoms. The molecule has 2 unspecified atom stereocenters. The molecule has 8 heteroatoms. The summed E-state index contributed by atoms with van der Waals surface area (Å²) in [4.78, 5) is 15.9. The normalized spacial score (nSPS) is 22.2. The third-order valence-corrected chi connectivity index (χ3v) is 6.76. The van der Waals surface area contributed by atoms with Gasteiger partial charge >= 0.3 is 6.18 Å². The summed E-state index contributed by atoms with van der Waals surface area (Å²) in [6.45, 7) is 2.74. The fraction of sp³-hybridized carbons (Fsp3) is 0.435. The number of methoxy groups -OCH3 is 1. The number of carbonyl (C=O) groups excluding carboxylic acids is 1. The highest BCUT2D eigenvalue weighted by Crippen LogP contribution is 2.39. The van der Waals surface area contributed by atoms with Crippen molar-refractivity contribution in [3.63, 3.8) is 0 Å². The zero-order valence-corrected chi connectivity index (χ0v) is 18.9. The summed E-state index contributed by atoms with van der Waals surface area (Å²) in [5.41, 5.74) is -0.393. The minimum Gasteiger partial charge on any atom is -0.496 e. The Morgan fingerprint density at radius 1 is 1.26 bits per heavy atom. The van der Waals surface area contributed by atoms with E-state index < -0.39 is 23.2 Å². The zero-order chi connectivity index (χ0) is 22.8. The van der Waals surface area contributed by atoms with Crippen LogP contribution in [0.3, 0.4) is 0 Å². The van der Waals surface area contributed by atoms with Crippen molar-refractivity contribution in [3.8, 4) is 5.75 Å². The number of hydrogen-bond acceptors (Lipinski definition) is 4. The number of alkyl halides is 3. The van der Waals surface area contributed by atoms with Crippen LogP contribution in [0.25, 0.3) is 0 Å². The average Bonchev–Trinajstić information content (AvgIpc) is 2.75. The van der Waals surface area contributed by atoms with Gasteiger partial charge in [-0.1, -0.05) is 30.3 Å². The van der Waals surface area contributed by atoms with Gasteiger partial charge in [-0.05, 0) is 50.8 Å². The maximum absolute atomic E-state index is 13.5. The minimum absolute atomic E-state index is 0.0857. The van der Waals surface area contributed by atoms with Gasteiger partial charge in [0.1, 0.15) is 5.75 Å². The average molecular weight is 453 g/mol. The SMILES string of the molecule is COc1cc(C(F)(F)F)cc(SC)c1C(=O)NC1(c2ccccc2)CCC(C)N(C)C1. The molecule has 1 aliphatic heterocycles. The van der Waals surface area contributed by atoms with Crippen molar-refractivity contribution >= 4 is 17.7 Å². The van der Waals surface area contributed by atoms with Crippen LogP contribution in [-0.2, 0) is 11.7 Å². The second kappa shape index (κ2) is 9.12. The summed E-state index contributed by atoms with van der Waals surface area (Å²) in [5.74, 6) is -0.529. The van der Waals surface area contributed by atoms with Crippen LogP contribution in [0.4, 0.5) is 13.2 Å². The molecule has 2 aromatic rings. The Morgan fingerprint density at radius 2 is 1.94 bits per heavy atom. The first-order chi connectivity index (χ1) is 14.6. The summed E-state index contributed by atoms with van der Waals surface area (Å²) < 4.78 is 45.2. The third kappa shape index (κ3) is 4.85. The minimum atomic E-state index is -4.53. The van der Waals surface area contributed by atoms with E-state index in [-0.39, 0.29) is 16.2 Å². The molecule has 31 heavy (non-hydrogen) atoms. The lowest BCUT2D eigenvalue weighted by atomic mass is 9.80. The van der Waals surface area contributed by atoms with Crippen LogP contribution in [0.1, 0.15) is 41.3 Å². The number of hydrogen-bond donors (Lipinski definition) is 1. The number of likely N-dealkylation sites (tertiary alicyclic amines) is 1. The largest absolute Gasteiger partial charge is 0.496 e. The molecule has 1 saturated heterocycles. The van der Waals surface area contributed by atoms with Crippen LogP contribution in [0, 0.1) is 0 Å². The van der Waals surface area contributed by atoms with Crippen molar-refractivity contribution in [1.29, 1.82) is 0 Å². The van der Waals surface area contributed by atoms with Gasteiger partial charge in [0, 0.05) is 17.5 Å². The Kier molecular flexibility index (Phi) is 6.91. The predicted molar refractivity (Wildman–Crippen MR) is 117 cm³/mol. The third-order valence-electron chi connectivity index (χ3n) is 6.00. The van der Waals surface area contributed by atoms with Gasteiger partial charge in [-0.2, -0.15) is 13.2 Å². The van der Waals surface area contributed by atoms with Crippen LogP contribution in [0.2, 0.25) is 0 Å². The summed E-state index contributed by atoms with van der Waals surface area (Å²) in [5, 5.41) is 3.17. The highest BCUT2D eigenvalue weighted by atomic mass is 32.2. The molecule has 3 rings (SSSR count). The molecular weight excluding hydrogens is 425 g/mol. The number of benzene rings is 2. The van der Waals surface area contributed by atoms with Crippen LogP contribution in [-0.4, -0.2) is 43.8 Å². The molecule has 1 aliphatic rings. The summed E-state index contributed by atoms with van der Waals surface area (Å²) in [7, 11) is 3.29. The molecule has 1 fully saturated rings. The van der Waals surface area contributed by atoms with E-state index in [1.807, 2.05) is 37.4 Å². The number of halogens is 3. The molecule has 0 spiro atoms. The van der Waals surface area contributed by atoms with E-state index in [1.54, 1.807) is 6.26 Å². The quantitative estimate of drug-likeness (QED) is 0.635. The molecule has 1 amide bonds. The van der Waals surface area contributed by atoms with Crippen LogP contribution in [0.5, 0.6) is 5.75 Å². The maximum atomic E-state index is 13.5. The number of carbonyl (C=O) groups is 1. The first kappa shape index (κ1) is 23.5. The number of nitrogens with zero attached hydrogens (tertiary/aromatic N) is 1. The number of piperidine rings is 1. The molecule has 168 valence electrons. The van der Waals surface area contributed by atoms with Gasteiger partial charge in [0.15, 0.2) is 0 Å². The van der Waals surface area contributed by atoms with Gasteiger partial charge < -0.3 is 15.0 Å². The number of nitrogens with one attached hydrogen (secondary N) is 1. The van der Waals surface area contributed by atoms with Gasteiger partial charge in [0.25, 0.3) is 5.91 Å². The summed E-state index contributed by atoms with van der Waals surface area (Å²) in [6.07, 6.45) is -1.27. The topological polar surface area (TPSA) is 41.6 Å². The number of ether oxygens (including phenoxy) is 1. The Labute approximate surface area is 185 Å². The Hall–Kier alpha value is -2.19. The number of likely N-dealkylation sites (N-methyl/N-ethyl adjacent to an activating group) is 1. The van der Waals surface area contributed by atoms with E-state index in [2.05, 4.69) is 17.1 Å². The fourth-order valence-corrected chi connectivity index (χ4v) is 4.72. The standard InChI is InChI=1S/C23H27F3N2O2S/c1-15-10-11-22(14-28(15)2,16-8-6-5-7-9-16)27-21(29)20-18(30-3)12-17(23(24,25)26)13-19(20)31-4/h5-9,12-13,15H,10-11,14H2,1-4H3,(H,27,29). The van der Waals surface area contributed by atoms with Gasteiger partial charge in [0.2, 0.25) is 0 Å². The zero-order valence-electron chi connectivity index (χ0n) is 18.0.